The van der Waals surface area contributed by atoms with Crippen molar-refractivity contribution < 1.29 is 29.0 Å². The molecule has 2 saturated carbocycles. The zero-order valence-corrected chi connectivity index (χ0v) is 28.8. The molecule has 4 rings (SSSR count). The number of rotatable bonds is 8. The van der Waals surface area contributed by atoms with Crippen LogP contribution >= 0.6 is 11.3 Å². The van der Waals surface area contributed by atoms with Crippen LogP contribution in [0.2, 0.25) is 0 Å². The first-order valence-corrected chi connectivity index (χ1v) is 17.1. The van der Waals surface area contributed by atoms with E-state index in [1.165, 1.54) is 0 Å². The second-order valence-corrected chi connectivity index (χ2v) is 16.0. The van der Waals surface area contributed by atoms with Crippen molar-refractivity contribution in [1.82, 2.24) is 10.2 Å². The number of hydrogen-bond acceptors (Lipinski definition) is 7. The number of nitrogens with zero attached hydrogens (tertiary/aromatic N) is 2. The molecule has 45 heavy (non-hydrogen) atoms. The summed E-state index contributed by atoms with van der Waals surface area (Å²) in [7, 11) is 0. The summed E-state index contributed by atoms with van der Waals surface area (Å²) in [4.78, 5) is 43.8. The Labute approximate surface area is 272 Å². The smallest absolute Gasteiger partial charge is 0.407 e. The Balaban J connectivity index is 1.41. The molecule has 2 heterocycles. The Morgan fingerprint density at radius 2 is 1.64 bits per heavy atom. The first-order chi connectivity index (χ1) is 21.0. The van der Waals surface area contributed by atoms with E-state index in [0.29, 0.717) is 61.1 Å². The summed E-state index contributed by atoms with van der Waals surface area (Å²) in [6.45, 7) is 19.2. The van der Waals surface area contributed by atoms with E-state index in [1.54, 1.807) is 11.0 Å². The molecular weight excluding hydrogens is 590 g/mol. The number of aromatic carboxylic acids is 1. The molecule has 0 bridgehead atoms. The molecule has 0 atom stereocenters. The highest BCUT2D eigenvalue weighted by molar-refractivity contribution is 7.15. The number of amides is 2. The van der Waals surface area contributed by atoms with E-state index in [0.717, 1.165) is 37.0 Å². The monoisotopic (exact) mass is 641 g/mol. The number of nitrogens with one attached hydrogen (secondary N) is 1. The van der Waals surface area contributed by atoms with E-state index >= 15 is 0 Å². The second-order valence-electron chi connectivity index (χ2n) is 15.0. The average Bonchev–Trinajstić information content (AvgIpc) is 3.33. The molecule has 2 amide bonds. The van der Waals surface area contributed by atoms with Crippen molar-refractivity contribution in [2.24, 2.45) is 17.3 Å². The number of anilines is 1. The average molecular weight is 642 g/mol. The molecule has 1 saturated heterocycles. The molecule has 0 aromatic carbocycles. The van der Waals surface area contributed by atoms with Gasteiger partial charge in [0.15, 0.2) is 5.88 Å². The lowest BCUT2D eigenvalue weighted by Crippen LogP contribution is -2.54. The van der Waals surface area contributed by atoms with Crippen LogP contribution in [0, 0.1) is 29.1 Å². The summed E-state index contributed by atoms with van der Waals surface area (Å²) in [6, 6.07) is 1.56. The van der Waals surface area contributed by atoms with Gasteiger partial charge in [0, 0.05) is 23.4 Å². The molecule has 1 aromatic rings. The number of carboxylic acid groups (broad SMARTS) is 1. The Bertz CT molecular complexity index is 1310. The first-order valence-electron chi connectivity index (χ1n) is 16.3. The van der Waals surface area contributed by atoms with Crippen LogP contribution in [0.15, 0.2) is 18.5 Å². The highest BCUT2D eigenvalue weighted by atomic mass is 32.1. The fourth-order valence-corrected chi connectivity index (χ4v) is 7.03. The van der Waals surface area contributed by atoms with Crippen LogP contribution in [0.3, 0.4) is 0 Å². The van der Waals surface area contributed by atoms with Gasteiger partial charge in [0.1, 0.15) is 16.6 Å². The molecule has 0 unspecified atom stereocenters. The number of ether oxygens (including phenoxy) is 2. The fourth-order valence-electron chi connectivity index (χ4n) is 6.19. The largest absolute Gasteiger partial charge is 0.477 e. The molecule has 1 aliphatic heterocycles. The minimum Gasteiger partial charge on any atom is -0.477 e. The standard InChI is InChI=1S/C35H51N3O6S/c1-22-9-11-24(12-10-22)31(39)38(29-19-28(17-18-34(3,4)5)45-30(29)32(40)41)26-15-13-25(14-16-26)36-33(42)43-27-20-37(21-27)23(2)44-35(6,7)8/h19,22,24-27H,2,9-16,20-21H2,1,3-8H3,(H,36,42)(H,40,41)/t22-,24-,25?,26?. The lowest BCUT2D eigenvalue weighted by atomic mass is 9.81. The Hall–Kier alpha value is -3.19. The third-order valence-corrected chi connectivity index (χ3v) is 9.64. The summed E-state index contributed by atoms with van der Waals surface area (Å²) < 4.78 is 11.4. The molecule has 0 spiro atoms. The van der Waals surface area contributed by atoms with Gasteiger partial charge in [-0.3, -0.25) is 4.79 Å². The van der Waals surface area contributed by atoms with Gasteiger partial charge in [0.05, 0.1) is 23.7 Å². The van der Waals surface area contributed by atoms with Crippen LogP contribution in [0.4, 0.5) is 10.5 Å². The van der Waals surface area contributed by atoms with Crippen LogP contribution in [0.25, 0.3) is 0 Å². The number of likely N-dealkylation sites (tertiary alicyclic amines) is 1. The molecular formula is C35H51N3O6S. The summed E-state index contributed by atoms with van der Waals surface area (Å²) >= 11 is 1.13. The SMILES string of the molecule is C=C(OC(C)(C)C)N1CC(OC(=O)NC2CCC(N(c3cc(C#CC(C)(C)C)sc3C(=O)O)C(=O)[C@H]3CC[C@H](C)CC3)CC2)C1. The lowest BCUT2D eigenvalue weighted by molar-refractivity contribution is -0.124. The van der Waals surface area contributed by atoms with E-state index < -0.39 is 12.1 Å². The summed E-state index contributed by atoms with van der Waals surface area (Å²) in [6.07, 6.45) is 5.60. The number of carbonyl (C=O) groups is 3. The number of carbonyl (C=O) groups excluding carboxylic acids is 2. The van der Waals surface area contributed by atoms with Crippen LogP contribution in [0.1, 0.15) is 114 Å². The summed E-state index contributed by atoms with van der Waals surface area (Å²) in [5.41, 5.74) is -0.117. The van der Waals surface area contributed by atoms with Gasteiger partial charge in [0.2, 0.25) is 5.91 Å². The van der Waals surface area contributed by atoms with Crippen molar-refractivity contribution in [3.63, 3.8) is 0 Å². The normalized spacial score (nSPS) is 24.0. The van der Waals surface area contributed by atoms with Gasteiger partial charge < -0.3 is 29.7 Å². The highest BCUT2D eigenvalue weighted by Crippen LogP contribution is 2.39. The van der Waals surface area contributed by atoms with Gasteiger partial charge in [0.25, 0.3) is 0 Å². The number of alkyl carbamates (subject to hydrolysis) is 1. The van der Waals surface area contributed by atoms with Crippen LogP contribution < -0.4 is 10.2 Å². The minimum absolute atomic E-state index is 0.0138. The minimum atomic E-state index is -1.05. The quantitative estimate of drug-likeness (QED) is 0.232. The van der Waals surface area contributed by atoms with E-state index in [2.05, 4.69) is 30.7 Å². The topological polar surface area (TPSA) is 108 Å². The molecule has 0 radical (unpaired) electrons. The van der Waals surface area contributed by atoms with Gasteiger partial charge >= 0.3 is 12.1 Å². The summed E-state index contributed by atoms with van der Waals surface area (Å²) in [5, 5.41) is 13.2. The van der Waals surface area contributed by atoms with Gasteiger partial charge in [-0.2, -0.15) is 0 Å². The van der Waals surface area contributed by atoms with Crippen molar-refractivity contribution in [1.29, 1.82) is 0 Å². The van der Waals surface area contributed by atoms with Crippen molar-refractivity contribution in [2.45, 2.75) is 124 Å². The van der Waals surface area contributed by atoms with Gasteiger partial charge in [-0.1, -0.05) is 18.8 Å². The van der Waals surface area contributed by atoms with E-state index in [4.69, 9.17) is 9.47 Å². The van der Waals surface area contributed by atoms with Crippen molar-refractivity contribution >= 4 is 35.0 Å². The molecule has 248 valence electrons. The zero-order chi connectivity index (χ0) is 33.1. The van der Waals surface area contributed by atoms with Crippen LogP contribution in [-0.2, 0) is 14.3 Å². The number of hydrogen-bond donors (Lipinski definition) is 2. The van der Waals surface area contributed by atoms with Crippen molar-refractivity contribution in [3.8, 4) is 11.8 Å². The predicted molar refractivity (Wildman–Crippen MR) is 177 cm³/mol. The molecule has 2 N–H and O–H groups in total. The summed E-state index contributed by atoms with van der Waals surface area (Å²) in [5.74, 6) is 6.36. The molecule has 2 aliphatic carbocycles. The third kappa shape index (κ3) is 9.65. The lowest BCUT2D eigenvalue weighted by Gasteiger charge is -2.42. The number of thiophene rings is 1. The Kier molecular flexibility index (Phi) is 10.8. The van der Waals surface area contributed by atoms with Crippen LogP contribution in [-0.4, -0.2) is 64.9 Å². The van der Waals surface area contributed by atoms with Gasteiger partial charge in [-0.05, 0) is 111 Å². The second kappa shape index (κ2) is 14.1. The van der Waals surface area contributed by atoms with E-state index in [9.17, 15) is 19.5 Å². The molecule has 3 aliphatic rings. The van der Waals surface area contributed by atoms with Crippen molar-refractivity contribution in [3.05, 3.63) is 28.3 Å². The fraction of sp³-hybridized carbons (Fsp3) is 0.686. The highest BCUT2D eigenvalue weighted by Gasteiger charge is 2.38. The van der Waals surface area contributed by atoms with Crippen LogP contribution in [0.5, 0.6) is 0 Å². The maximum Gasteiger partial charge on any atom is 0.407 e. The zero-order valence-electron chi connectivity index (χ0n) is 28.0. The third-order valence-electron chi connectivity index (χ3n) is 8.61. The van der Waals surface area contributed by atoms with Crippen molar-refractivity contribution in [2.75, 3.05) is 18.0 Å². The maximum absolute atomic E-state index is 14.2. The predicted octanol–water partition coefficient (Wildman–Crippen LogP) is 7.01. The molecule has 3 fully saturated rings. The Morgan fingerprint density at radius 1 is 1.02 bits per heavy atom. The molecule has 9 nitrogen and oxygen atoms in total. The molecule has 10 heteroatoms. The van der Waals surface area contributed by atoms with Gasteiger partial charge in [-0.15, -0.1) is 11.3 Å². The van der Waals surface area contributed by atoms with E-state index in [1.807, 2.05) is 46.4 Å². The van der Waals surface area contributed by atoms with Gasteiger partial charge in [-0.25, -0.2) is 9.59 Å². The van der Waals surface area contributed by atoms with E-state index in [-0.39, 0.29) is 45.9 Å². The Morgan fingerprint density at radius 3 is 2.20 bits per heavy atom. The first kappa shape index (κ1) is 34.7. The maximum atomic E-state index is 14.2. The molecule has 1 aromatic heterocycles. The number of carboxylic acids is 1.